The predicted octanol–water partition coefficient (Wildman–Crippen LogP) is 2.60. The zero-order valence-corrected chi connectivity index (χ0v) is 22.9. The lowest BCUT2D eigenvalue weighted by Gasteiger charge is -2.43. The van der Waals surface area contributed by atoms with Crippen LogP contribution in [0.15, 0.2) is 48.5 Å². The summed E-state index contributed by atoms with van der Waals surface area (Å²) in [6, 6.07) is 14.2. The standard InChI is InChI=1S/C29H30O12/c1-15(30)35-14-24-25(36-16(2)31)26(37-17(3)32)27(38-18(4)33)29(41-24)39-20-10-11-21-22(13-20)23(40-28(21)34)12-19-8-6-5-7-9-19/h5-11,13,23-27,29H,12,14H2,1-4H3. The molecule has 218 valence electrons. The number of rotatable bonds is 9. The Morgan fingerprint density at radius 2 is 1.41 bits per heavy atom. The Bertz CT molecular complexity index is 1310. The molecule has 12 nitrogen and oxygen atoms in total. The summed E-state index contributed by atoms with van der Waals surface area (Å²) in [6.45, 7) is 4.20. The Balaban J connectivity index is 1.66. The van der Waals surface area contributed by atoms with E-state index >= 15 is 0 Å². The highest BCUT2D eigenvalue weighted by molar-refractivity contribution is 5.94. The maximum Gasteiger partial charge on any atom is 0.339 e. The van der Waals surface area contributed by atoms with Gasteiger partial charge >= 0.3 is 29.8 Å². The van der Waals surface area contributed by atoms with Gasteiger partial charge in [-0.2, -0.15) is 0 Å². The van der Waals surface area contributed by atoms with E-state index in [2.05, 4.69) is 0 Å². The van der Waals surface area contributed by atoms with Crippen LogP contribution in [0.2, 0.25) is 0 Å². The molecular formula is C29H30O12. The monoisotopic (exact) mass is 570 g/mol. The smallest absolute Gasteiger partial charge is 0.339 e. The van der Waals surface area contributed by atoms with Crippen molar-refractivity contribution in [1.29, 1.82) is 0 Å². The molecule has 2 aliphatic heterocycles. The van der Waals surface area contributed by atoms with Crippen LogP contribution in [0, 0.1) is 0 Å². The van der Waals surface area contributed by atoms with Crippen LogP contribution < -0.4 is 4.74 Å². The first kappa shape index (κ1) is 29.5. The van der Waals surface area contributed by atoms with Crippen molar-refractivity contribution in [2.45, 2.75) is 70.9 Å². The third kappa shape index (κ3) is 7.40. The molecule has 0 radical (unpaired) electrons. The van der Waals surface area contributed by atoms with E-state index in [-0.39, 0.29) is 12.4 Å². The van der Waals surface area contributed by atoms with Crippen LogP contribution in [0.3, 0.4) is 0 Å². The Hall–Kier alpha value is -4.45. The highest BCUT2D eigenvalue weighted by Gasteiger charge is 2.53. The predicted molar refractivity (Wildman–Crippen MR) is 137 cm³/mol. The first-order valence-corrected chi connectivity index (χ1v) is 12.9. The zero-order chi connectivity index (χ0) is 29.7. The van der Waals surface area contributed by atoms with Crippen molar-refractivity contribution in [2.24, 2.45) is 0 Å². The van der Waals surface area contributed by atoms with Gasteiger partial charge in [0, 0.05) is 39.7 Å². The summed E-state index contributed by atoms with van der Waals surface area (Å²) < 4.78 is 39.0. The molecule has 0 spiro atoms. The van der Waals surface area contributed by atoms with Crippen molar-refractivity contribution in [3.8, 4) is 5.75 Å². The van der Waals surface area contributed by atoms with Gasteiger partial charge in [-0.05, 0) is 23.8 Å². The molecule has 1 fully saturated rings. The topological polar surface area (TPSA) is 150 Å². The van der Waals surface area contributed by atoms with Gasteiger partial charge in [-0.1, -0.05) is 30.3 Å². The third-order valence-corrected chi connectivity index (χ3v) is 6.30. The van der Waals surface area contributed by atoms with E-state index in [1.165, 1.54) is 13.0 Å². The second-order valence-electron chi connectivity index (χ2n) is 9.52. The van der Waals surface area contributed by atoms with E-state index < -0.39 is 66.7 Å². The van der Waals surface area contributed by atoms with Gasteiger partial charge in [-0.3, -0.25) is 19.2 Å². The molecule has 0 saturated carbocycles. The third-order valence-electron chi connectivity index (χ3n) is 6.30. The van der Waals surface area contributed by atoms with Crippen LogP contribution >= 0.6 is 0 Å². The van der Waals surface area contributed by atoms with E-state index in [4.69, 9.17) is 33.2 Å². The number of ether oxygens (including phenoxy) is 7. The molecule has 2 aromatic rings. The van der Waals surface area contributed by atoms with Crippen LogP contribution in [0.5, 0.6) is 5.75 Å². The maximum absolute atomic E-state index is 12.5. The summed E-state index contributed by atoms with van der Waals surface area (Å²) in [5.74, 6) is -3.13. The van der Waals surface area contributed by atoms with Crippen molar-refractivity contribution in [3.63, 3.8) is 0 Å². The SMILES string of the molecule is CC(=O)OCC1OC(Oc2ccc3c(c2)C(Cc2ccccc2)OC3=O)C(OC(C)=O)C(OC(C)=O)C1OC(C)=O. The molecule has 0 aromatic heterocycles. The Morgan fingerprint density at radius 3 is 2.05 bits per heavy atom. The van der Waals surface area contributed by atoms with Crippen LogP contribution in [0.25, 0.3) is 0 Å². The van der Waals surface area contributed by atoms with Gasteiger partial charge in [0.1, 0.15) is 24.6 Å². The lowest BCUT2D eigenvalue weighted by molar-refractivity contribution is -0.288. The minimum Gasteiger partial charge on any atom is -0.463 e. The average molecular weight is 571 g/mol. The fourth-order valence-electron chi connectivity index (χ4n) is 4.72. The molecule has 0 aliphatic carbocycles. The number of carbonyl (C=O) groups excluding carboxylic acids is 5. The molecule has 0 N–H and O–H groups in total. The summed E-state index contributed by atoms with van der Waals surface area (Å²) in [7, 11) is 0. The van der Waals surface area contributed by atoms with E-state index in [1.807, 2.05) is 30.3 Å². The van der Waals surface area contributed by atoms with Gasteiger partial charge in [0.2, 0.25) is 12.4 Å². The van der Waals surface area contributed by atoms with Gasteiger partial charge in [0.15, 0.2) is 12.2 Å². The normalized spacial score (nSPS) is 24.8. The molecule has 0 amide bonds. The van der Waals surface area contributed by atoms with Gasteiger partial charge < -0.3 is 33.2 Å². The maximum atomic E-state index is 12.5. The molecule has 12 heteroatoms. The molecule has 2 heterocycles. The van der Waals surface area contributed by atoms with Crippen molar-refractivity contribution >= 4 is 29.8 Å². The molecule has 41 heavy (non-hydrogen) atoms. The van der Waals surface area contributed by atoms with Crippen LogP contribution in [-0.4, -0.2) is 67.2 Å². The average Bonchev–Trinajstić information content (AvgIpc) is 3.20. The number of hydrogen-bond donors (Lipinski definition) is 0. The Kier molecular flexibility index (Phi) is 9.23. The molecule has 1 saturated heterocycles. The first-order chi connectivity index (χ1) is 19.5. The molecule has 6 atom stereocenters. The van der Waals surface area contributed by atoms with E-state index in [1.54, 1.807) is 12.1 Å². The van der Waals surface area contributed by atoms with Crippen LogP contribution in [-0.2, 0) is 54.0 Å². The van der Waals surface area contributed by atoms with Gasteiger partial charge in [0.25, 0.3) is 0 Å². The van der Waals surface area contributed by atoms with Gasteiger partial charge in [0.05, 0.1) is 5.56 Å². The minimum atomic E-state index is -1.40. The van der Waals surface area contributed by atoms with E-state index in [0.29, 0.717) is 17.5 Å². The number of cyclic esters (lactones) is 1. The van der Waals surface area contributed by atoms with Crippen molar-refractivity contribution in [1.82, 2.24) is 0 Å². The molecule has 0 bridgehead atoms. The lowest BCUT2D eigenvalue weighted by Crippen LogP contribution is -2.63. The van der Waals surface area contributed by atoms with E-state index in [9.17, 15) is 24.0 Å². The fourth-order valence-corrected chi connectivity index (χ4v) is 4.72. The van der Waals surface area contributed by atoms with Crippen molar-refractivity contribution in [2.75, 3.05) is 6.61 Å². The van der Waals surface area contributed by atoms with Crippen LogP contribution in [0.1, 0.15) is 55.3 Å². The summed E-state index contributed by atoms with van der Waals surface area (Å²) >= 11 is 0. The zero-order valence-electron chi connectivity index (χ0n) is 22.9. The van der Waals surface area contributed by atoms with Crippen LogP contribution in [0.4, 0.5) is 0 Å². The highest BCUT2D eigenvalue weighted by atomic mass is 16.7. The Morgan fingerprint density at radius 1 is 0.780 bits per heavy atom. The van der Waals surface area contributed by atoms with Gasteiger partial charge in [-0.15, -0.1) is 0 Å². The summed E-state index contributed by atoms with van der Waals surface area (Å²) in [5.41, 5.74) is 1.92. The van der Waals surface area contributed by atoms with Crippen molar-refractivity contribution < 1.29 is 57.1 Å². The minimum absolute atomic E-state index is 0.223. The summed E-state index contributed by atoms with van der Waals surface area (Å²) in [5, 5.41) is 0. The molecule has 4 rings (SSSR count). The second-order valence-corrected chi connectivity index (χ2v) is 9.52. The number of fused-ring (bicyclic) bond motifs is 1. The Labute approximate surface area is 235 Å². The number of benzene rings is 2. The quantitative estimate of drug-likeness (QED) is 0.322. The molecule has 6 unspecified atom stereocenters. The summed E-state index contributed by atoms with van der Waals surface area (Å²) in [4.78, 5) is 60.1. The molecule has 2 aromatic carbocycles. The first-order valence-electron chi connectivity index (χ1n) is 12.9. The fraction of sp³-hybridized carbons (Fsp3) is 0.414. The number of carbonyl (C=O) groups is 5. The molecule has 2 aliphatic rings. The summed E-state index contributed by atoms with van der Waals surface area (Å²) in [6.07, 6.45) is -6.76. The number of hydrogen-bond acceptors (Lipinski definition) is 12. The lowest BCUT2D eigenvalue weighted by atomic mass is 9.97. The second kappa shape index (κ2) is 12.8. The number of esters is 5. The van der Waals surface area contributed by atoms with Crippen molar-refractivity contribution in [3.05, 3.63) is 65.2 Å². The van der Waals surface area contributed by atoms with Gasteiger partial charge in [-0.25, -0.2) is 4.79 Å². The largest absolute Gasteiger partial charge is 0.463 e. The highest BCUT2D eigenvalue weighted by Crippen LogP contribution is 2.37. The van der Waals surface area contributed by atoms with E-state index in [0.717, 1.165) is 26.3 Å². The molecular weight excluding hydrogens is 540 g/mol.